The van der Waals surface area contributed by atoms with E-state index in [-0.39, 0.29) is 18.4 Å². The largest absolute Gasteiger partial charge is 0.444 e. The van der Waals surface area contributed by atoms with E-state index in [9.17, 15) is 0 Å². The number of aromatic nitrogens is 1. The van der Waals surface area contributed by atoms with Crippen LogP contribution in [0, 0.1) is 12.8 Å². The molecule has 0 bridgehead atoms. The Balaban J connectivity index is 0.00000176. The second-order valence-corrected chi connectivity index (χ2v) is 6.15. The van der Waals surface area contributed by atoms with Crippen molar-refractivity contribution in [1.29, 1.82) is 0 Å². The Kier molecular flexibility index (Phi) is 5.62. The average molecular weight is 322 g/mol. The maximum absolute atomic E-state index is 5.98. The Labute approximate surface area is 138 Å². The van der Waals surface area contributed by atoms with Crippen molar-refractivity contribution in [3.63, 3.8) is 0 Å². The van der Waals surface area contributed by atoms with Crippen molar-refractivity contribution in [2.75, 3.05) is 13.1 Å². The molecule has 2 aromatic rings. The average Bonchev–Trinajstić information content (AvgIpc) is 3.10. The SMILES string of the molecule is Cc1ccc(-c2nc(CN3CCC(C(C)N)C3)co2)cc1.Cl. The number of nitrogens with two attached hydrogens (primary N) is 1. The van der Waals surface area contributed by atoms with Gasteiger partial charge >= 0.3 is 0 Å². The van der Waals surface area contributed by atoms with Crippen LogP contribution in [0.15, 0.2) is 34.9 Å². The highest BCUT2D eigenvalue weighted by Crippen LogP contribution is 2.23. The first kappa shape index (κ1) is 17.0. The van der Waals surface area contributed by atoms with E-state index in [0.29, 0.717) is 11.8 Å². The molecule has 1 saturated heterocycles. The molecule has 0 saturated carbocycles. The van der Waals surface area contributed by atoms with Crippen molar-refractivity contribution in [2.45, 2.75) is 32.9 Å². The number of benzene rings is 1. The third-order valence-corrected chi connectivity index (χ3v) is 4.29. The number of hydrogen-bond donors (Lipinski definition) is 1. The molecule has 2 N–H and O–H groups in total. The third kappa shape index (κ3) is 3.88. The minimum atomic E-state index is 0. The molecule has 120 valence electrons. The van der Waals surface area contributed by atoms with Crippen LogP contribution in [0.2, 0.25) is 0 Å². The van der Waals surface area contributed by atoms with Gasteiger partial charge in [0.05, 0.1) is 5.69 Å². The second kappa shape index (κ2) is 7.27. The van der Waals surface area contributed by atoms with Gasteiger partial charge in [0.25, 0.3) is 0 Å². The Morgan fingerprint density at radius 1 is 1.36 bits per heavy atom. The van der Waals surface area contributed by atoms with Crippen LogP contribution in [0.5, 0.6) is 0 Å². The molecule has 1 aromatic heterocycles. The van der Waals surface area contributed by atoms with E-state index < -0.39 is 0 Å². The van der Waals surface area contributed by atoms with Gasteiger partial charge in [-0.05, 0) is 44.9 Å². The molecule has 1 fully saturated rings. The smallest absolute Gasteiger partial charge is 0.226 e. The summed E-state index contributed by atoms with van der Waals surface area (Å²) in [4.78, 5) is 7.01. The number of rotatable bonds is 4. The summed E-state index contributed by atoms with van der Waals surface area (Å²) in [6, 6.07) is 8.52. The van der Waals surface area contributed by atoms with Gasteiger partial charge in [0.15, 0.2) is 0 Å². The van der Waals surface area contributed by atoms with Gasteiger partial charge in [-0.25, -0.2) is 4.98 Å². The lowest BCUT2D eigenvalue weighted by molar-refractivity contribution is 0.305. The van der Waals surface area contributed by atoms with Crippen LogP contribution in [0.4, 0.5) is 0 Å². The maximum atomic E-state index is 5.98. The highest BCUT2D eigenvalue weighted by Gasteiger charge is 2.25. The topological polar surface area (TPSA) is 55.3 Å². The summed E-state index contributed by atoms with van der Waals surface area (Å²) >= 11 is 0. The van der Waals surface area contributed by atoms with Gasteiger partial charge < -0.3 is 10.2 Å². The standard InChI is InChI=1S/C17H23N3O.ClH/c1-12-3-5-14(6-4-12)17-19-16(11-21-17)10-20-8-7-15(9-20)13(2)18;/h3-6,11,13,15H,7-10,18H2,1-2H3;1H. The number of aryl methyl sites for hydroxylation is 1. The summed E-state index contributed by atoms with van der Waals surface area (Å²) in [5.41, 5.74) is 9.25. The molecule has 0 radical (unpaired) electrons. The zero-order valence-corrected chi connectivity index (χ0v) is 14.0. The van der Waals surface area contributed by atoms with Crippen LogP contribution >= 0.6 is 12.4 Å². The van der Waals surface area contributed by atoms with Crippen molar-refractivity contribution >= 4 is 12.4 Å². The maximum Gasteiger partial charge on any atom is 0.226 e. The minimum Gasteiger partial charge on any atom is -0.444 e. The van der Waals surface area contributed by atoms with Crippen molar-refractivity contribution in [2.24, 2.45) is 11.7 Å². The highest BCUT2D eigenvalue weighted by atomic mass is 35.5. The normalized spacial score (nSPS) is 19.9. The Bertz CT molecular complexity index is 594. The number of oxazole rings is 1. The fourth-order valence-electron chi connectivity index (χ4n) is 2.87. The third-order valence-electron chi connectivity index (χ3n) is 4.29. The molecule has 0 aliphatic carbocycles. The molecule has 0 amide bonds. The minimum absolute atomic E-state index is 0. The molecule has 2 atom stereocenters. The van der Waals surface area contributed by atoms with Gasteiger partial charge in [0, 0.05) is 24.7 Å². The fourth-order valence-corrected chi connectivity index (χ4v) is 2.87. The van der Waals surface area contributed by atoms with Crippen LogP contribution in [0.1, 0.15) is 24.6 Å². The van der Waals surface area contributed by atoms with Crippen LogP contribution in [-0.2, 0) is 6.54 Å². The van der Waals surface area contributed by atoms with Crippen molar-refractivity contribution in [1.82, 2.24) is 9.88 Å². The molecule has 5 heteroatoms. The predicted octanol–water partition coefficient (Wildman–Crippen LogP) is 3.24. The quantitative estimate of drug-likeness (QED) is 0.939. The van der Waals surface area contributed by atoms with Gasteiger partial charge in [-0.15, -0.1) is 12.4 Å². The lowest BCUT2D eigenvalue weighted by Gasteiger charge is -2.16. The first-order valence-electron chi connectivity index (χ1n) is 7.61. The summed E-state index contributed by atoms with van der Waals surface area (Å²) in [5.74, 6) is 1.31. The van der Waals surface area contributed by atoms with Crippen molar-refractivity contribution in [3.05, 3.63) is 41.8 Å². The lowest BCUT2D eigenvalue weighted by atomic mass is 10.0. The molecule has 22 heavy (non-hydrogen) atoms. The van der Waals surface area contributed by atoms with Gasteiger partial charge in [-0.1, -0.05) is 17.7 Å². The van der Waals surface area contributed by atoms with E-state index in [2.05, 4.69) is 35.9 Å². The predicted molar refractivity (Wildman–Crippen MR) is 91.0 cm³/mol. The molecule has 1 aliphatic heterocycles. The van der Waals surface area contributed by atoms with E-state index in [4.69, 9.17) is 10.2 Å². The van der Waals surface area contributed by atoms with E-state index >= 15 is 0 Å². The van der Waals surface area contributed by atoms with Crippen LogP contribution in [0.3, 0.4) is 0 Å². The van der Waals surface area contributed by atoms with Crippen molar-refractivity contribution in [3.8, 4) is 11.5 Å². The van der Waals surface area contributed by atoms with Gasteiger partial charge in [0.1, 0.15) is 6.26 Å². The second-order valence-electron chi connectivity index (χ2n) is 6.15. The summed E-state index contributed by atoms with van der Waals surface area (Å²) in [6.07, 6.45) is 2.95. The fraction of sp³-hybridized carbons (Fsp3) is 0.471. The lowest BCUT2D eigenvalue weighted by Crippen LogP contribution is -2.29. The summed E-state index contributed by atoms with van der Waals surface area (Å²) < 4.78 is 5.61. The summed E-state index contributed by atoms with van der Waals surface area (Å²) in [5, 5.41) is 0. The molecule has 2 unspecified atom stereocenters. The van der Waals surface area contributed by atoms with E-state index in [1.807, 2.05) is 12.1 Å². The van der Waals surface area contributed by atoms with Gasteiger partial charge in [0.2, 0.25) is 5.89 Å². The molecule has 1 aliphatic rings. The molecular weight excluding hydrogens is 298 g/mol. The van der Waals surface area contributed by atoms with E-state index in [1.54, 1.807) is 6.26 Å². The van der Waals surface area contributed by atoms with Crippen molar-refractivity contribution < 1.29 is 4.42 Å². The monoisotopic (exact) mass is 321 g/mol. The summed E-state index contributed by atoms with van der Waals surface area (Å²) in [6.45, 7) is 7.18. The van der Waals surface area contributed by atoms with Gasteiger partial charge in [-0.3, -0.25) is 4.90 Å². The molecule has 2 heterocycles. The molecule has 0 spiro atoms. The molecule has 4 nitrogen and oxygen atoms in total. The molecule has 1 aromatic carbocycles. The number of nitrogens with zero attached hydrogens (tertiary/aromatic N) is 2. The number of halogens is 1. The molecular formula is C17H24ClN3O. The van der Waals surface area contributed by atoms with Crippen LogP contribution < -0.4 is 5.73 Å². The number of likely N-dealkylation sites (tertiary alicyclic amines) is 1. The zero-order chi connectivity index (χ0) is 14.8. The first-order chi connectivity index (χ1) is 10.1. The van der Waals surface area contributed by atoms with Crippen LogP contribution in [-0.4, -0.2) is 29.0 Å². The Hall–Kier alpha value is -1.36. The Morgan fingerprint density at radius 3 is 2.73 bits per heavy atom. The summed E-state index contributed by atoms with van der Waals surface area (Å²) in [7, 11) is 0. The zero-order valence-electron chi connectivity index (χ0n) is 13.2. The van der Waals surface area contributed by atoms with E-state index in [1.165, 1.54) is 12.0 Å². The highest BCUT2D eigenvalue weighted by molar-refractivity contribution is 5.85. The first-order valence-corrected chi connectivity index (χ1v) is 7.61. The van der Waals surface area contributed by atoms with E-state index in [0.717, 1.165) is 30.9 Å². The number of hydrogen-bond acceptors (Lipinski definition) is 4. The Morgan fingerprint density at radius 2 is 2.09 bits per heavy atom. The van der Waals surface area contributed by atoms with Gasteiger partial charge in [-0.2, -0.15) is 0 Å². The molecule has 3 rings (SSSR count). The van der Waals surface area contributed by atoms with Crippen LogP contribution in [0.25, 0.3) is 11.5 Å².